The van der Waals surface area contributed by atoms with Crippen LogP contribution in [-0.2, 0) is 14.3 Å². The molecule has 0 aliphatic carbocycles. The van der Waals surface area contributed by atoms with Gasteiger partial charge in [0.15, 0.2) is 0 Å². The molecule has 0 fully saturated rings. The van der Waals surface area contributed by atoms with Crippen molar-refractivity contribution >= 4 is 17.9 Å². The Hall–Kier alpha value is -2.77. The van der Waals surface area contributed by atoms with Gasteiger partial charge in [-0.1, -0.05) is 78.4 Å². The van der Waals surface area contributed by atoms with Crippen molar-refractivity contribution in [2.75, 3.05) is 6.54 Å². The summed E-state index contributed by atoms with van der Waals surface area (Å²) in [4.78, 5) is 42.5. The quantitative estimate of drug-likeness (QED) is 0.205. The number of nitrogens with one attached hydrogen (secondary N) is 2. The number of carbonyl (C=O) groups excluding carboxylic acids is 3. The first kappa shape index (κ1) is 34.3. The number of hydrogen-bond acceptors (Lipinski definition) is 5. The van der Waals surface area contributed by atoms with Crippen LogP contribution in [-0.4, -0.2) is 52.1 Å². The van der Waals surface area contributed by atoms with Crippen molar-refractivity contribution in [2.24, 2.45) is 5.92 Å². The van der Waals surface area contributed by atoms with Crippen molar-refractivity contribution in [2.45, 2.75) is 130 Å². The Bertz CT molecular complexity index is 881. The van der Waals surface area contributed by atoms with Crippen LogP contribution in [0.2, 0.25) is 0 Å². The maximum atomic E-state index is 14.3. The van der Waals surface area contributed by atoms with E-state index >= 15 is 0 Å². The van der Waals surface area contributed by atoms with E-state index < -0.39 is 23.8 Å². The molecular weight excluding hydrogens is 494 g/mol. The van der Waals surface area contributed by atoms with Crippen molar-refractivity contribution in [3.63, 3.8) is 0 Å². The molecule has 0 bridgehead atoms. The molecule has 1 aromatic carbocycles. The summed E-state index contributed by atoms with van der Waals surface area (Å²) in [5, 5.41) is 15.8. The molecule has 0 aliphatic rings. The third-order valence-corrected chi connectivity index (χ3v) is 6.82. The topological polar surface area (TPSA) is 108 Å². The summed E-state index contributed by atoms with van der Waals surface area (Å²) in [7, 11) is 0. The lowest BCUT2D eigenvalue weighted by molar-refractivity contribution is -0.143. The van der Waals surface area contributed by atoms with Gasteiger partial charge in [0.1, 0.15) is 23.4 Å². The van der Waals surface area contributed by atoms with E-state index in [0.717, 1.165) is 44.9 Å². The van der Waals surface area contributed by atoms with Gasteiger partial charge in [-0.25, -0.2) is 4.79 Å². The maximum absolute atomic E-state index is 14.3. The normalized spacial score (nSPS) is 14.6. The molecule has 0 saturated heterocycles. The number of aromatic hydroxyl groups is 1. The van der Waals surface area contributed by atoms with Crippen molar-refractivity contribution in [3.8, 4) is 5.75 Å². The lowest BCUT2D eigenvalue weighted by atomic mass is 9.95. The molecule has 8 heteroatoms. The highest BCUT2D eigenvalue weighted by atomic mass is 16.6. The van der Waals surface area contributed by atoms with Gasteiger partial charge in [0.2, 0.25) is 11.8 Å². The minimum atomic E-state index is -0.907. The number of ether oxygens (including phenoxy) is 1. The highest BCUT2D eigenvalue weighted by Crippen LogP contribution is 2.27. The van der Waals surface area contributed by atoms with Gasteiger partial charge in [0.05, 0.1) is 0 Å². The zero-order valence-electron chi connectivity index (χ0n) is 25.5. The van der Waals surface area contributed by atoms with Crippen LogP contribution in [0.5, 0.6) is 5.75 Å². The fourth-order valence-corrected chi connectivity index (χ4v) is 4.50. The molecule has 3 N–H and O–H groups in total. The number of benzene rings is 1. The molecule has 0 aliphatic heterocycles. The summed E-state index contributed by atoms with van der Waals surface area (Å²) in [6, 6.07) is 4.59. The number of phenolic OH excluding ortho intramolecular Hbond substituents is 1. The van der Waals surface area contributed by atoms with Gasteiger partial charge in [-0.05, 0) is 64.2 Å². The van der Waals surface area contributed by atoms with Crippen molar-refractivity contribution < 1.29 is 24.2 Å². The molecule has 0 radical (unpaired) electrons. The molecule has 4 atom stereocenters. The summed E-state index contributed by atoms with van der Waals surface area (Å²) >= 11 is 0. The van der Waals surface area contributed by atoms with Crippen molar-refractivity contribution in [1.82, 2.24) is 15.5 Å². The molecule has 8 nitrogen and oxygen atoms in total. The molecule has 0 aromatic heterocycles. The number of amides is 3. The first-order chi connectivity index (χ1) is 18.3. The Labute approximate surface area is 236 Å². The zero-order valence-corrected chi connectivity index (χ0v) is 25.5. The van der Waals surface area contributed by atoms with Crippen LogP contribution < -0.4 is 10.6 Å². The third kappa shape index (κ3) is 12.3. The monoisotopic (exact) mass is 547 g/mol. The molecular formula is C31H53N3O5. The molecule has 0 spiro atoms. The predicted molar refractivity (Wildman–Crippen MR) is 156 cm³/mol. The fraction of sp³-hybridized carbons (Fsp3) is 0.710. The van der Waals surface area contributed by atoms with E-state index in [9.17, 15) is 19.5 Å². The molecule has 3 amide bonds. The molecule has 1 aromatic rings. The number of nitrogens with zero attached hydrogens (tertiary/aromatic N) is 1. The number of carbonyl (C=O) groups is 3. The summed E-state index contributed by atoms with van der Waals surface area (Å²) in [5.41, 5.74) is -0.105. The highest BCUT2D eigenvalue weighted by Gasteiger charge is 2.38. The van der Waals surface area contributed by atoms with Gasteiger partial charge in [-0.2, -0.15) is 0 Å². The Morgan fingerprint density at radius 3 is 2.08 bits per heavy atom. The molecule has 0 heterocycles. The Morgan fingerprint density at radius 1 is 0.923 bits per heavy atom. The maximum Gasteiger partial charge on any atom is 0.408 e. The van der Waals surface area contributed by atoms with E-state index in [-0.39, 0.29) is 29.5 Å². The van der Waals surface area contributed by atoms with E-state index in [0.29, 0.717) is 18.5 Å². The Balaban J connectivity index is 3.49. The molecule has 39 heavy (non-hydrogen) atoms. The molecule has 4 unspecified atom stereocenters. The second-order valence-corrected chi connectivity index (χ2v) is 11.6. The average molecular weight is 548 g/mol. The summed E-state index contributed by atoms with van der Waals surface area (Å²) in [6.07, 6.45) is 6.65. The highest BCUT2D eigenvalue weighted by molar-refractivity contribution is 5.92. The van der Waals surface area contributed by atoms with E-state index in [1.165, 1.54) is 12.1 Å². The van der Waals surface area contributed by atoms with Crippen LogP contribution >= 0.6 is 0 Å². The number of rotatable bonds is 16. The van der Waals surface area contributed by atoms with Gasteiger partial charge in [-0.3, -0.25) is 9.59 Å². The second-order valence-electron chi connectivity index (χ2n) is 11.6. The third-order valence-electron chi connectivity index (χ3n) is 6.82. The van der Waals surface area contributed by atoms with Gasteiger partial charge >= 0.3 is 6.09 Å². The second kappa shape index (κ2) is 17.0. The van der Waals surface area contributed by atoms with Gasteiger partial charge in [-0.15, -0.1) is 0 Å². The van der Waals surface area contributed by atoms with Crippen LogP contribution in [0.25, 0.3) is 0 Å². The average Bonchev–Trinajstić information content (AvgIpc) is 2.85. The molecule has 222 valence electrons. The summed E-state index contributed by atoms with van der Waals surface area (Å²) in [6.45, 7) is 15.7. The van der Waals surface area contributed by atoms with E-state index in [1.54, 1.807) is 37.8 Å². The number of hydrogen-bond donors (Lipinski definition) is 3. The summed E-state index contributed by atoms with van der Waals surface area (Å²) < 4.78 is 5.48. The first-order valence-electron chi connectivity index (χ1n) is 14.7. The van der Waals surface area contributed by atoms with Crippen LogP contribution in [0.1, 0.15) is 118 Å². The van der Waals surface area contributed by atoms with Gasteiger partial charge in [0, 0.05) is 12.6 Å². The summed E-state index contributed by atoms with van der Waals surface area (Å²) in [5.74, 6) is -0.695. The fourth-order valence-electron chi connectivity index (χ4n) is 4.50. The van der Waals surface area contributed by atoms with Crippen LogP contribution in [0.3, 0.4) is 0 Å². The van der Waals surface area contributed by atoms with Gasteiger partial charge in [0.25, 0.3) is 0 Å². The molecule has 0 saturated carbocycles. The minimum absolute atomic E-state index is 0.0612. The van der Waals surface area contributed by atoms with Crippen LogP contribution in [0.15, 0.2) is 24.3 Å². The SMILES string of the molecule is CCCCCCCN(C(=O)C(NC(=O)OC(C)(C)C)C(C)CC)C(C(=O)NC(C)CCC)c1ccc(O)cc1. The number of alkyl carbamates (subject to hydrolysis) is 1. The van der Waals surface area contributed by atoms with Gasteiger partial charge < -0.3 is 25.4 Å². The zero-order chi connectivity index (χ0) is 29.6. The van der Waals surface area contributed by atoms with E-state index in [1.807, 2.05) is 20.8 Å². The van der Waals surface area contributed by atoms with Crippen molar-refractivity contribution in [3.05, 3.63) is 29.8 Å². The van der Waals surface area contributed by atoms with Crippen LogP contribution in [0, 0.1) is 5.92 Å². The largest absolute Gasteiger partial charge is 0.508 e. The lowest BCUT2D eigenvalue weighted by Crippen LogP contribution is -2.55. The van der Waals surface area contributed by atoms with E-state index in [4.69, 9.17) is 4.74 Å². The van der Waals surface area contributed by atoms with E-state index in [2.05, 4.69) is 24.5 Å². The Kier molecular flexibility index (Phi) is 15.0. The minimum Gasteiger partial charge on any atom is -0.508 e. The predicted octanol–water partition coefficient (Wildman–Crippen LogP) is 6.48. The van der Waals surface area contributed by atoms with Crippen LogP contribution in [0.4, 0.5) is 4.79 Å². The number of unbranched alkanes of at least 4 members (excludes halogenated alkanes) is 4. The van der Waals surface area contributed by atoms with Crippen molar-refractivity contribution in [1.29, 1.82) is 0 Å². The number of phenols is 1. The molecule has 1 rings (SSSR count). The lowest BCUT2D eigenvalue weighted by Gasteiger charge is -2.36. The Morgan fingerprint density at radius 2 is 1.54 bits per heavy atom. The smallest absolute Gasteiger partial charge is 0.408 e. The standard InChI is InChI=1S/C31H53N3O5/c1-9-12-13-14-15-21-34(29(37)26(22(4)11-3)33-30(38)39-31(6,7)8)27(24-17-19-25(35)20-18-24)28(36)32-23(5)16-10-2/h17-20,22-23,26-27,35H,9-16,21H2,1-8H3,(H,32,36)(H,33,38). The first-order valence-corrected chi connectivity index (χ1v) is 14.7.